The molecule has 0 aliphatic heterocycles. The standard InChI is InChI=1S/C19H36O5/c1-4-18(22)24-15(2)13-11-9-7-5-6-8-10-12-14-17(21)19(23)16(3)20/h4,15-17,19-21,23H,1,5-14H2,2-3H3. The summed E-state index contributed by atoms with van der Waals surface area (Å²) in [7, 11) is 0. The number of hydrogen-bond acceptors (Lipinski definition) is 5. The van der Waals surface area contributed by atoms with Crippen LogP contribution in [0.4, 0.5) is 0 Å². The first kappa shape index (κ1) is 23.1. The van der Waals surface area contributed by atoms with Gasteiger partial charge in [0, 0.05) is 6.08 Å². The molecule has 5 heteroatoms. The van der Waals surface area contributed by atoms with Crippen molar-refractivity contribution in [3.63, 3.8) is 0 Å². The van der Waals surface area contributed by atoms with Gasteiger partial charge in [0.1, 0.15) is 6.10 Å². The van der Waals surface area contributed by atoms with Gasteiger partial charge in [0.2, 0.25) is 0 Å². The first-order chi connectivity index (χ1) is 11.4. The lowest BCUT2D eigenvalue weighted by atomic mass is 10.0. The summed E-state index contributed by atoms with van der Waals surface area (Å²) < 4.78 is 5.11. The molecule has 4 unspecified atom stereocenters. The highest BCUT2D eigenvalue weighted by Crippen LogP contribution is 2.14. The minimum atomic E-state index is -1.04. The van der Waals surface area contributed by atoms with Crippen LogP contribution in [0.2, 0.25) is 0 Å². The van der Waals surface area contributed by atoms with Crippen LogP contribution in [0.15, 0.2) is 12.7 Å². The van der Waals surface area contributed by atoms with Crippen molar-refractivity contribution < 1.29 is 24.9 Å². The molecular formula is C19H36O5. The van der Waals surface area contributed by atoms with Gasteiger partial charge in [-0.05, 0) is 33.1 Å². The van der Waals surface area contributed by atoms with Crippen molar-refractivity contribution >= 4 is 5.97 Å². The molecule has 0 spiro atoms. The maximum absolute atomic E-state index is 11.0. The molecular weight excluding hydrogens is 308 g/mol. The summed E-state index contributed by atoms with van der Waals surface area (Å²) >= 11 is 0. The highest BCUT2D eigenvalue weighted by atomic mass is 16.5. The number of carbonyl (C=O) groups excluding carboxylic acids is 1. The minimum Gasteiger partial charge on any atom is -0.460 e. The van der Waals surface area contributed by atoms with Crippen LogP contribution in [0, 0.1) is 0 Å². The van der Waals surface area contributed by atoms with Crippen LogP contribution in [0.1, 0.15) is 78.1 Å². The second-order valence-corrected chi connectivity index (χ2v) is 6.66. The van der Waals surface area contributed by atoms with Crippen LogP contribution in [0.5, 0.6) is 0 Å². The van der Waals surface area contributed by atoms with Gasteiger partial charge >= 0.3 is 5.97 Å². The Morgan fingerprint density at radius 1 is 0.917 bits per heavy atom. The molecule has 0 aliphatic rings. The zero-order valence-electron chi connectivity index (χ0n) is 15.3. The van der Waals surface area contributed by atoms with E-state index < -0.39 is 18.3 Å². The SMILES string of the molecule is C=CC(=O)OC(C)CCCCCCCCCCC(O)C(O)C(C)O. The molecule has 0 fully saturated rings. The Bertz CT molecular complexity index is 330. The van der Waals surface area contributed by atoms with Crippen LogP contribution in [-0.2, 0) is 9.53 Å². The summed E-state index contributed by atoms with van der Waals surface area (Å²) in [6.07, 6.45) is 8.63. The minimum absolute atomic E-state index is 0.0427. The van der Waals surface area contributed by atoms with Crippen LogP contribution >= 0.6 is 0 Å². The van der Waals surface area contributed by atoms with Crippen LogP contribution in [0.25, 0.3) is 0 Å². The van der Waals surface area contributed by atoms with Gasteiger partial charge in [0.25, 0.3) is 0 Å². The van der Waals surface area contributed by atoms with Gasteiger partial charge < -0.3 is 20.1 Å². The third kappa shape index (κ3) is 12.5. The van der Waals surface area contributed by atoms with Crippen molar-refractivity contribution in [1.82, 2.24) is 0 Å². The largest absolute Gasteiger partial charge is 0.460 e. The molecule has 0 bridgehead atoms. The van der Waals surface area contributed by atoms with E-state index in [0.29, 0.717) is 6.42 Å². The fraction of sp³-hybridized carbons (Fsp3) is 0.842. The van der Waals surface area contributed by atoms with E-state index in [2.05, 4.69) is 6.58 Å². The molecule has 5 nitrogen and oxygen atoms in total. The van der Waals surface area contributed by atoms with Gasteiger partial charge in [-0.3, -0.25) is 0 Å². The highest BCUT2D eigenvalue weighted by molar-refractivity contribution is 5.81. The fourth-order valence-electron chi connectivity index (χ4n) is 2.64. The third-order valence-corrected chi connectivity index (χ3v) is 4.23. The van der Waals surface area contributed by atoms with Crippen molar-refractivity contribution in [2.24, 2.45) is 0 Å². The van der Waals surface area contributed by atoms with Crippen molar-refractivity contribution in [3.8, 4) is 0 Å². The van der Waals surface area contributed by atoms with E-state index in [4.69, 9.17) is 4.74 Å². The molecule has 0 saturated heterocycles. The molecule has 24 heavy (non-hydrogen) atoms. The molecule has 0 heterocycles. The summed E-state index contributed by atoms with van der Waals surface area (Å²) in [6, 6.07) is 0. The van der Waals surface area contributed by atoms with E-state index in [1.54, 1.807) is 0 Å². The Hall–Kier alpha value is -0.910. The van der Waals surface area contributed by atoms with Gasteiger partial charge in [-0.25, -0.2) is 4.79 Å². The molecule has 0 rings (SSSR count). The molecule has 3 N–H and O–H groups in total. The van der Waals surface area contributed by atoms with Gasteiger partial charge in [0.15, 0.2) is 0 Å². The number of ether oxygens (including phenoxy) is 1. The monoisotopic (exact) mass is 344 g/mol. The summed E-state index contributed by atoms with van der Waals surface area (Å²) in [5.74, 6) is -0.353. The zero-order chi connectivity index (χ0) is 18.4. The summed E-state index contributed by atoms with van der Waals surface area (Å²) in [5, 5.41) is 28.3. The lowest BCUT2D eigenvalue weighted by molar-refractivity contribution is -0.142. The number of esters is 1. The van der Waals surface area contributed by atoms with Gasteiger partial charge in [-0.1, -0.05) is 51.5 Å². The van der Waals surface area contributed by atoms with Crippen molar-refractivity contribution in [2.45, 2.75) is 102 Å². The topological polar surface area (TPSA) is 87.0 Å². The summed E-state index contributed by atoms with van der Waals surface area (Å²) in [5.41, 5.74) is 0. The Balaban J connectivity index is 3.37. The van der Waals surface area contributed by atoms with E-state index in [0.717, 1.165) is 38.5 Å². The normalized spacial score (nSPS) is 16.2. The first-order valence-electron chi connectivity index (χ1n) is 9.25. The maximum atomic E-state index is 11.0. The number of aliphatic hydroxyl groups is 3. The van der Waals surface area contributed by atoms with E-state index in [1.807, 2.05) is 6.92 Å². The van der Waals surface area contributed by atoms with E-state index in [-0.39, 0.29) is 12.1 Å². The quantitative estimate of drug-likeness (QED) is 0.241. The average Bonchev–Trinajstić information content (AvgIpc) is 2.55. The van der Waals surface area contributed by atoms with Gasteiger partial charge in [0.05, 0.1) is 18.3 Å². The lowest BCUT2D eigenvalue weighted by Gasteiger charge is -2.19. The second kappa shape index (κ2) is 14.4. The Morgan fingerprint density at radius 3 is 1.83 bits per heavy atom. The Kier molecular flexibility index (Phi) is 13.9. The smallest absolute Gasteiger partial charge is 0.330 e. The van der Waals surface area contributed by atoms with E-state index in [9.17, 15) is 20.1 Å². The Morgan fingerprint density at radius 2 is 1.38 bits per heavy atom. The van der Waals surface area contributed by atoms with Gasteiger partial charge in [-0.2, -0.15) is 0 Å². The summed E-state index contributed by atoms with van der Waals surface area (Å²) in [6.45, 7) is 6.77. The maximum Gasteiger partial charge on any atom is 0.330 e. The van der Waals surface area contributed by atoms with Crippen LogP contribution < -0.4 is 0 Å². The number of aliphatic hydroxyl groups excluding tert-OH is 3. The number of carbonyl (C=O) groups is 1. The number of unbranched alkanes of at least 4 members (excludes halogenated alkanes) is 7. The van der Waals surface area contributed by atoms with Crippen molar-refractivity contribution in [1.29, 1.82) is 0 Å². The third-order valence-electron chi connectivity index (χ3n) is 4.23. The zero-order valence-corrected chi connectivity index (χ0v) is 15.3. The summed E-state index contributed by atoms with van der Waals surface area (Å²) in [4.78, 5) is 11.0. The molecule has 0 aromatic heterocycles. The molecule has 0 saturated carbocycles. The molecule has 0 amide bonds. The number of rotatable bonds is 15. The molecule has 0 aromatic rings. The van der Waals surface area contributed by atoms with Crippen LogP contribution in [0.3, 0.4) is 0 Å². The lowest BCUT2D eigenvalue weighted by Crippen LogP contribution is -2.35. The van der Waals surface area contributed by atoms with Crippen LogP contribution in [-0.4, -0.2) is 45.7 Å². The molecule has 4 atom stereocenters. The second-order valence-electron chi connectivity index (χ2n) is 6.66. The molecule has 142 valence electrons. The highest BCUT2D eigenvalue weighted by Gasteiger charge is 2.20. The fourth-order valence-corrected chi connectivity index (χ4v) is 2.64. The molecule has 0 aromatic carbocycles. The van der Waals surface area contributed by atoms with Gasteiger partial charge in [-0.15, -0.1) is 0 Å². The predicted octanol–water partition coefficient (Wildman–Crippen LogP) is 3.11. The first-order valence-corrected chi connectivity index (χ1v) is 9.25. The average molecular weight is 344 g/mol. The Labute approximate surface area is 146 Å². The van der Waals surface area contributed by atoms with Crippen molar-refractivity contribution in [3.05, 3.63) is 12.7 Å². The predicted molar refractivity (Wildman–Crippen MR) is 95.6 cm³/mol. The molecule has 0 aliphatic carbocycles. The number of hydrogen-bond donors (Lipinski definition) is 3. The molecule has 0 radical (unpaired) electrons. The van der Waals surface area contributed by atoms with Crippen molar-refractivity contribution in [2.75, 3.05) is 0 Å². The van der Waals surface area contributed by atoms with E-state index >= 15 is 0 Å². The van der Waals surface area contributed by atoms with E-state index in [1.165, 1.54) is 32.3 Å².